The van der Waals surface area contributed by atoms with Gasteiger partial charge in [-0.3, -0.25) is 14.8 Å². The van der Waals surface area contributed by atoms with Crippen LogP contribution in [0.1, 0.15) is 67.4 Å². The van der Waals surface area contributed by atoms with Crippen molar-refractivity contribution in [3.63, 3.8) is 0 Å². The number of carbonyl (C=O) groups excluding carboxylic acids is 1. The fourth-order valence-corrected chi connectivity index (χ4v) is 6.23. The van der Waals surface area contributed by atoms with Gasteiger partial charge in [0.25, 0.3) is 0 Å². The summed E-state index contributed by atoms with van der Waals surface area (Å²) in [6, 6.07) is 13.7. The molecule has 1 aliphatic heterocycles. The third kappa shape index (κ3) is 5.51. The number of hydrogen-bond donors (Lipinski definition) is 1. The number of rotatable bonds is 8. The number of likely N-dealkylation sites (tertiary alicyclic amines) is 1. The summed E-state index contributed by atoms with van der Waals surface area (Å²) in [5.74, 6) is 0.417. The quantitative estimate of drug-likeness (QED) is 0.291. The van der Waals surface area contributed by atoms with Crippen molar-refractivity contribution >= 4 is 5.78 Å². The normalized spacial score (nSPS) is 25.8. The number of hydrogen-bond acceptors (Lipinski definition) is 7. The van der Waals surface area contributed by atoms with Gasteiger partial charge in [0.15, 0.2) is 5.75 Å². The summed E-state index contributed by atoms with van der Waals surface area (Å²) in [5, 5.41) is 6.89. The Morgan fingerprint density at radius 3 is 2.67 bits per heavy atom. The van der Waals surface area contributed by atoms with Crippen LogP contribution in [-0.2, 0) is 16.2 Å². The molecule has 206 valence electrons. The number of benzene rings is 2. The number of nitrogens with one attached hydrogen (secondary N) is 1. The summed E-state index contributed by atoms with van der Waals surface area (Å²) >= 11 is 0. The Morgan fingerprint density at radius 1 is 1.13 bits per heavy atom. The minimum atomic E-state index is -4.83. The third-order valence-electron chi connectivity index (χ3n) is 7.94. The average Bonchev–Trinajstić information content (AvgIpc) is 3.50. The minimum Gasteiger partial charge on any atom is -0.406 e. The minimum absolute atomic E-state index is 0.0223. The number of piperidine rings is 1. The first-order chi connectivity index (χ1) is 18.8. The highest BCUT2D eigenvalue weighted by Gasteiger charge is 2.56. The molecule has 1 saturated heterocycles. The molecule has 11 heteroatoms. The number of alkyl halides is 3. The van der Waals surface area contributed by atoms with Gasteiger partial charge in [0.05, 0.1) is 6.54 Å². The topological polar surface area (TPSA) is 89.6 Å². The molecule has 2 aliphatic carbocycles. The lowest BCUT2D eigenvalue weighted by Crippen LogP contribution is -2.48. The van der Waals surface area contributed by atoms with E-state index in [9.17, 15) is 18.0 Å². The molecule has 3 aliphatic rings. The van der Waals surface area contributed by atoms with Crippen LogP contribution in [0.25, 0.3) is 0 Å². The maximum Gasteiger partial charge on any atom is 0.573 e. The van der Waals surface area contributed by atoms with E-state index in [1.165, 1.54) is 24.5 Å². The SMILES string of the molecule is O=C1CC(c2cc(OC(F)(F)F)ccc2OOC2CC2)CC12CCCN(Cc1ncn[nH]1)C2c1ccccc1. The highest BCUT2D eigenvalue weighted by Crippen LogP contribution is 2.58. The van der Waals surface area contributed by atoms with Crippen LogP contribution < -0.4 is 9.62 Å². The van der Waals surface area contributed by atoms with E-state index in [0.717, 1.165) is 31.4 Å². The molecule has 0 bridgehead atoms. The van der Waals surface area contributed by atoms with Crippen LogP contribution in [0.2, 0.25) is 0 Å². The van der Waals surface area contributed by atoms with E-state index in [-0.39, 0.29) is 36.0 Å². The van der Waals surface area contributed by atoms with Gasteiger partial charge in [0.1, 0.15) is 29.8 Å². The van der Waals surface area contributed by atoms with Crippen LogP contribution >= 0.6 is 0 Å². The van der Waals surface area contributed by atoms with Crippen molar-refractivity contribution in [1.82, 2.24) is 20.1 Å². The molecule has 3 unspecified atom stereocenters. The van der Waals surface area contributed by atoms with Crippen LogP contribution in [0.5, 0.6) is 11.5 Å². The predicted octanol–water partition coefficient (Wildman–Crippen LogP) is 5.65. The number of ether oxygens (including phenoxy) is 1. The van der Waals surface area contributed by atoms with E-state index in [0.29, 0.717) is 36.5 Å². The number of H-pyrrole nitrogens is 1. The lowest BCUT2D eigenvalue weighted by Gasteiger charge is -2.47. The van der Waals surface area contributed by atoms with E-state index in [2.05, 4.69) is 24.8 Å². The Labute approximate surface area is 223 Å². The number of ketones is 1. The van der Waals surface area contributed by atoms with Gasteiger partial charge in [0, 0.05) is 23.4 Å². The van der Waals surface area contributed by atoms with Crippen molar-refractivity contribution in [2.24, 2.45) is 5.41 Å². The summed E-state index contributed by atoms with van der Waals surface area (Å²) in [5.41, 5.74) is 0.787. The Morgan fingerprint density at radius 2 is 1.95 bits per heavy atom. The van der Waals surface area contributed by atoms with Crippen molar-refractivity contribution in [2.45, 2.75) is 69.5 Å². The summed E-state index contributed by atoms with van der Waals surface area (Å²) in [6.45, 7) is 1.27. The van der Waals surface area contributed by atoms with Crippen LogP contribution in [0, 0.1) is 5.41 Å². The van der Waals surface area contributed by atoms with Gasteiger partial charge >= 0.3 is 6.36 Å². The monoisotopic (exact) mass is 542 g/mol. The van der Waals surface area contributed by atoms with Gasteiger partial charge in [-0.25, -0.2) is 4.98 Å². The largest absolute Gasteiger partial charge is 0.573 e. The molecule has 2 saturated carbocycles. The van der Waals surface area contributed by atoms with Crippen molar-refractivity contribution in [3.8, 4) is 11.5 Å². The van der Waals surface area contributed by atoms with E-state index in [1.54, 1.807) is 0 Å². The Kier molecular flexibility index (Phi) is 6.80. The number of carbonyl (C=O) groups is 1. The molecule has 3 aromatic rings. The molecule has 1 aromatic heterocycles. The van der Waals surface area contributed by atoms with E-state index in [1.807, 2.05) is 30.3 Å². The first-order valence-electron chi connectivity index (χ1n) is 13.2. The molecule has 39 heavy (non-hydrogen) atoms. The van der Waals surface area contributed by atoms with E-state index >= 15 is 0 Å². The second kappa shape index (κ2) is 10.3. The lowest BCUT2D eigenvalue weighted by molar-refractivity contribution is -0.274. The highest BCUT2D eigenvalue weighted by atomic mass is 19.4. The van der Waals surface area contributed by atoms with Crippen LogP contribution in [-0.4, -0.2) is 44.9 Å². The lowest BCUT2D eigenvalue weighted by atomic mass is 9.68. The zero-order chi connectivity index (χ0) is 27.0. The van der Waals surface area contributed by atoms with Crippen molar-refractivity contribution < 1.29 is 32.5 Å². The molecule has 2 heterocycles. The van der Waals surface area contributed by atoms with Crippen molar-refractivity contribution in [1.29, 1.82) is 0 Å². The molecule has 0 radical (unpaired) electrons. The van der Waals surface area contributed by atoms with E-state index in [4.69, 9.17) is 9.78 Å². The third-order valence-corrected chi connectivity index (χ3v) is 7.94. The number of Topliss-reactive ketones (excluding diaryl/α,β-unsaturated/α-hetero) is 1. The van der Waals surface area contributed by atoms with Gasteiger partial charge < -0.3 is 9.62 Å². The second-order valence-electron chi connectivity index (χ2n) is 10.6. The molecule has 3 fully saturated rings. The predicted molar refractivity (Wildman–Crippen MR) is 132 cm³/mol. The molecular formula is C28H29F3N4O4. The number of aromatic amines is 1. The van der Waals surface area contributed by atoms with Crippen LogP contribution in [0.15, 0.2) is 54.9 Å². The summed E-state index contributed by atoms with van der Waals surface area (Å²) in [4.78, 5) is 31.6. The molecule has 0 amide bonds. The second-order valence-corrected chi connectivity index (χ2v) is 10.6. The Balaban J connectivity index is 1.35. The zero-order valence-corrected chi connectivity index (χ0v) is 21.2. The van der Waals surface area contributed by atoms with Crippen LogP contribution in [0.3, 0.4) is 0 Å². The summed E-state index contributed by atoms with van der Waals surface area (Å²) in [6.07, 6.45) is 0.493. The van der Waals surface area contributed by atoms with Gasteiger partial charge in [0.2, 0.25) is 0 Å². The molecule has 8 nitrogen and oxygen atoms in total. The fraction of sp³-hybridized carbons (Fsp3) is 0.464. The molecular weight excluding hydrogens is 513 g/mol. The number of halogens is 3. The van der Waals surface area contributed by atoms with Gasteiger partial charge in [-0.1, -0.05) is 30.3 Å². The molecule has 3 atom stereocenters. The average molecular weight is 543 g/mol. The molecule has 1 N–H and O–H groups in total. The first-order valence-corrected chi connectivity index (χ1v) is 13.2. The summed E-state index contributed by atoms with van der Waals surface area (Å²) in [7, 11) is 0. The highest BCUT2D eigenvalue weighted by molar-refractivity contribution is 5.89. The van der Waals surface area contributed by atoms with Crippen LogP contribution in [0.4, 0.5) is 13.2 Å². The van der Waals surface area contributed by atoms with Gasteiger partial charge in [-0.2, -0.15) is 9.99 Å². The number of aromatic nitrogens is 3. The molecule has 6 rings (SSSR count). The number of nitrogens with zero attached hydrogens (tertiary/aromatic N) is 3. The zero-order valence-electron chi connectivity index (χ0n) is 21.2. The maximum atomic E-state index is 14.0. The van der Waals surface area contributed by atoms with Gasteiger partial charge in [-0.05, 0) is 68.3 Å². The van der Waals surface area contributed by atoms with Crippen molar-refractivity contribution in [2.75, 3.05) is 6.54 Å². The Bertz CT molecular complexity index is 1300. The summed E-state index contributed by atoms with van der Waals surface area (Å²) < 4.78 is 43.4. The van der Waals surface area contributed by atoms with Gasteiger partial charge in [-0.15, -0.1) is 13.2 Å². The smallest absolute Gasteiger partial charge is 0.406 e. The fourth-order valence-electron chi connectivity index (χ4n) is 6.23. The standard InChI is InChI=1S/C28H29F3N4O4/c29-28(30,31)37-21-9-10-23(39-38-20-7-8-20)22(14-21)19-13-24(36)27(15-19)11-4-12-35(16-25-32-17-33-34-25)26(27)18-5-2-1-3-6-18/h1-3,5-6,9-10,14,17,19-20,26H,4,7-8,11-13,15-16H2,(H,32,33,34). The maximum absolute atomic E-state index is 14.0. The van der Waals surface area contributed by atoms with E-state index < -0.39 is 11.8 Å². The molecule has 2 aromatic carbocycles. The Hall–Kier alpha value is -3.44. The first kappa shape index (κ1) is 25.8. The molecule has 1 spiro atoms. The van der Waals surface area contributed by atoms with Crippen molar-refractivity contribution in [3.05, 3.63) is 71.8 Å².